The Kier molecular flexibility index (Phi) is 5.05. The molecule has 0 aliphatic rings. The summed E-state index contributed by atoms with van der Waals surface area (Å²) < 4.78 is 26.4. The highest BCUT2D eigenvalue weighted by Gasteiger charge is 2.20. The highest BCUT2D eigenvalue weighted by Crippen LogP contribution is 2.23. The molecule has 2 aromatic carbocycles. The number of anilines is 1. The third-order valence-corrected chi connectivity index (χ3v) is 3.96. The van der Waals surface area contributed by atoms with Gasteiger partial charge in [0.2, 0.25) is 0 Å². The molecule has 0 radical (unpaired) electrons. The number of halogens is 3. The van der Waals surface area contributed by atoms with Crippen LogP contribution in [0.1, 0.15) is 15.9 Å². The summed E-state index contributed by atoms with van der Waals surface area (Å²) in [6.07, 6.45) is 1.56. The topological polar surface area (TPSA) is 33.2 Å². The van der Waals surface area contributed by atoms with Crippen molar-refractivity contribution in [3.05, 3.63) is 94.6 Å². The molecule has 1 aromatic heterocycles. The molecule has 0 spiro atoms. The first-order valence-corrected chi connectivity index (χ1v) is 7.85. The molecule has 0 saturated heterocycles. The van der Waals surface area contributed by atoms with Gasteiger partial charge in [-0.05, 0) is 54.1 Å². The predicted molar refractivity (Wildman–Crippen MR) is 92.6 cm³/mol. The van der Waals surface area contributed by atoms with E-state index in [-0.39, 0.29) is 17.5 Å². The molecule has 0 unspecified atom stereocenters. The second kappa shape index (κ2) is 7.40. The van der Waals surface area contributed by atoms with E-state index in [1.807, 2.05) is 0 Å². The lowest BCUT2D eigenvalue weighted by atomic mass is 10.1. The quantitative estimate of drug-likeness (QED) is 0.667. The van der Waals surface area contributed by atoms with Gasteiger partial charge in [-0.1, -0.05) is 23.7 Å². The third-order valence-electron chi connectivity index (χ3n) is 3.61. The Morgan fingerprint density at radius 2 is 1.72 bits per heavy atom. The van der Waals surface area contributed by atoms with Gasteiger partial charge in [-0.2, -0.15) is 0 Å². The van der Waals surface area contributed by atoms with Gasteiger partial charge in [0.1, 0.15) is 17.5 Å². The number of carbonyl (C=O) groups is 1. The van der Waals surface area contributed by atoms with E-state index in [1.165, 1.54) is 47.4 Å². The van der Waals surface area contributed by atoms with Gasteiger partial charge >= 0.3 is 0 Å². The Bertz CT molecular complexity index is 886. The Morgan fingerprint density at radius 3 is 2.36 bits per heavy atom. The second-order valence-electron chi connectivity index (χ2n) is 5.32. The molecule has 126 valence electrons. The first-order valence-electron chi connectivity index (χ1n) is 7.47. The highest BCUT2D eigenvalue weighted by molar-refractivity contribution is 6.31. The van der Waals surface area contributed by atoms with E-state index in [9.17, 15) is 13.6 Å². The van der Waals surface area contributed by atoms with Crippen LogP contribution in [-0.4, -0.2) is 10.9 Å². The molecular formula is C19H13ClF2N2O. The first-order chi connectivity index (χ1) is 12.0. The molecule has 3 nitrogen and oxygen atoms in total. The summed E-state index contributed by atoms with van der Waals surface area (Å²) in [4.78, 5) is 18.5. The molecule has 0 N–H and O–H groups in total. The standard InChI is InChI=1S/C19H13ClF2N2O/c20-17-11-16(22)9-6-14(17)12-24(18-3-1-2-10-23-18)19(25)13-4-7-15(21)8-5-13/h1-11H,12H2. The van der Waals surface area contributed by atoms with Gasteiger partial charge < -0.3 is 0 Å². The van der Waals surface area contributed by atoms with Crippen LogP contribution in [0.2, 0.25) is 5.02 Å². The summed E-state index contributed by atoms with van der Waals surface area (Å²) in [5, 5.41) is 0.216. The fourth-order valence-electron chi connectivity index (χ4n) is 2.34. The fraction of sp³-hybridized carbons (Fsp3) is 0.0526. The van der Waals surface area contributed by atoms with Crippen LogP contribution in [0.5, 0.6) is 0 Å². The smallest absolute Gasteiger partial charge is 0.259 e. The maximum atomic E-state index is 13.3. The van der Waals surface area contributed by atoms with Crippen LogP contribution >= 0.6 is 11.6 Å². The number of amides is 1. The highest BCUT2D eigenvalue weighted by atomic mass is 35.5. The van der Waals surface area contributed by atoms with Crippen LogP contribution in [0, 0.1) is 11.6 Å². The van der Waals surface area contributed by atoms with Crippen LogP contribution in [0.3, 0.4) is 0 Å². The average molecular weight is 359 g/mol. The number of hydrogen-bond donors (Lipinski definition) is 0. The molecule has 3 aromatic rings. The van der Waals surface area contributed by atoms with E-state index in [0.29, 0.717) is 16.9 Å². The molecule has 1 heterocycles. The Morgan fingerprint density at radius 1 is 1.00 bits per heavy atom. The van der Waals surface area contributed by atoms with Crippen LogP contribution in [0.15, 0.2) is 66.9 Å². The molecule has 0 aliphatic carbocycles. The zero-order valence-electron chi connectivity index (χ0n) is 13.0. The summed E-state index contributed by atoms with van der Waals surface area (Å²) in [7, 11) is 0. The maximum absolute atomic E-state index is 13.3. The van der Waals surface area contributed by atoms with Crippen molar-refractivity contribution in [3.8, 4) is 0 Å². The van der Waals surface area contributed by atoms with Crippen LogP contribution in [0.25, 0.3) is 0 Å². The minimum Gasteiger partial charge on any atom is -0.288 e. The third kappa shape index (κ3) is 4.00. The minimum absolute atomic E-state index is 0.104. The normalized spacial score (nSPS) is 10.5. The summed E-state index contributed by atoms with van der Waals surface area (Å²) in [5.41, 5.74) is 0.884. The van der Waals surface area contributed by atoms with E-state index in [0.717, 1.165) is 0 Å². The lowest BCUT2D eigenvalue weighted by Gasteiger charge is -2.22. The van der Waals surface area contributed by atoms with Crippen molar-refractivity contribution in [2.75, 3.05) is 4.90 Å². The van der Waals surface area contributed by atoms with Gasteiger partial charge in [0.25, 0.3) is 5.91 Å². The van der Waals surface area contributed by atoms with Crippen molar-refractivity contribution >= 4 is 23.3 Å². The summed E-state index contributed by atoms with van der Waals surface area (Å²) >= 11 is 6.08. The number of benzene rings is 2. The summed E-state index contributed by atoms with van der Waals surface area (Å²) in [6.45, 7) is 0.104. The fourth-order valence-corrected chi connectivity index (χ4v) is 2.57. The van der Waals surface area contributed by atoms with Gasteiger partial charge in [0.15, 0.2) is 0 Å². The SMILES string of the molecule is O=C(c1ccc(F)cc1)N(Cc1ccc(F)cc1Cl)c1ccccn1. The predicted octanol–water partition coefficient (Wildman–Crippen LogP) is 4.86. The van der Waals surface area contributed by atoms with Gasteiger partial charge in [-0.25, -0.2) is 13.8 Å². The van der Waals surface area contributed by atoms with E-state index in [2.05, 4.69) is 4.98 Å². The molecule has 0 fully saturated rings. The van der Waals surface area contributed by atoms with Crippen molar-refractivity contribution in [2.45, 2.75) is 6.54 Å². The monoisotopic (exact) mass is 358 g/mol. The van der Waals surface area contributed by atoms with Crippen molar-refractivity contribution in [2.24, 2.45) is 0 Å². The number of carbonyl (C=O) groups excluding carboxylic acids is 1. The van der Waals surface area contributed by atoms with E-state index >= 15 is 0 Å². The number of hydrogen-bond acceptors (Lipinski definition) is 2. The van der Waals surface area contributed by atoms with E-state index in [1.54, 1.807) is 24.4 Å². The molecule has 3 rings (SSSR count). The molecule has 1 amide bonds. The summed E-state index contributed by atoms with van der Waals surface area (Å²) in [5.74, 6) is -0.832. The number of rotatable bonds is 4. The Labute approximate surface area is 148 Å². The largest absolute Gasteiger partial charge is 0.288 e. The zero-order chi connectivity index (χ0) is 17.8. The minimum atomic E-state index is -0.456. The molecular weight excluding hydrogens is 346 g/mol. The van der Waals surface area contributed by atoms with Gasteiger partial charge in [0.05, 0.1) is 6.54 Å². The molecule has 0 atom stereocenters. The summed E-state index contributed by atoms with van der Waals surface area (Å²) in [6, 6.07) is 14.4. The van der Waals surface area contributed by atoms with Gasteiger partial charge in [-0.3, -0.25) is 9.69 Å². The number of pyridine rings is 1. The lowest BCUT2D eigenvalue weighted by molar-refractivity contribution is 0.0984. The van der Waals surface area contributed by atoms with Crippen LogP contribution < -0.4 is 4.90 Å². The zero-order valence-corrected chi connectivity index (χ0v) is 13.8. The first kappa shape index (κ1) is 17.0. The molecule has 0 saturated carbocycles. The number of aromatic nitrogens is 1. The van der Waals surface area contributed by atoms with Crippen LogP contribution in [0.4, 0.5) is 14.6 Å². The van der Waals surface area contributed by atoms with Crippen molar-refractivity contribution in [1.29, 1.82) is 0 Å². The second-order valence-corrected chi connectivity index (χ2v) is 5.73. The van der Waals surface area contributed by atoms with Crippen molar-refractivity contribution in [1.82, 2.24) is 4.98 Å². The molecule has 0 bridgehead atoms. The average Bonchev–Trinajstić information content (AvgIpc) is 2.62. The molecule has 6 heteroatoms. The Balaban J connectivity index is 1.98. The molecule has 0 aliphatic heterocycles. The van der Waals surface area contributed by atoms with Gasteiger partial charge in [0, 0.05) is 16.8 Å². The Hall–Kier alpha value is -2.79. The van der Waals surface area contributed by atoms with Crippen molar-refractivity contribution in [3.63, 3.8) is 0 Å². The van der Waals surface area contributed by atoms with E-state index < -0.39 is 11.6 Å². The van der Waals surface area contributed by atoms with Gasteiger partial charge in [-0.15, -0.1) is 0 Å². The van der Waals surface area contributed by atoms with Crippen LogP contribution in [-0.2, 0) is 6.54 Å². The number of nitrogens with zero attached hydrogens (tertiary/aromatic N) is 2. The lowest BCUT2D eigenvalue weighted by Crippen LogP contribution is -2.31. The maximum Gasteiger partial charge on any atom is 0.259 e. The van der Waals surface area contributed by atoms with Crippen molar-refractivity contribution < 1.29 is 13.6 Å². The molecule has 25 heavy (non-hydrogen) atoms. The van der Waals surface area contributed by atoms with E-state index in [4.69, 9.17) is 11.6 Å².